The third kappa shape index (κ3) is 81.4. The van der Waals surface area contributed by atoms with Gasteiger partial charge in [0.1, 0.15) is 19.8 Å². The Morgan fingerprint density at radius 1 is 0.327 bits per heavy atom. The number of phosphoric ester groups is 1. The van der Waals surface area contributed by atoms with E-state index in [9.17, 15) is 19.0 Å². The highest BCUT2D eigenvalue weighted by Gasteiger charge is 2.22. The van der Waals surface area contributed by atoms with Gasteiger partial charge in [0.05, 0.1) is 27.7 Å². The first-order valence-electron chi connectivity index (χ1n) is 41.2. The van der Waals surface area contributed by atoms with Crippen LogP contribution in [-0.4, -0.2) is 70.0 Å². The van der Waals surface area contributed by atoms with E-state index in [4.69, 9.17) is 18.5 Å². The molecule has 0 N–H and O–H groups in total. The van der Waals surface area contributed by atoms with E-state index in [1.807, 2.05) is 21.1 Å². The highest BCUT2D eigenvalue weighted by molar-refractivity contribution is 7.45. The number of unbranched alkanes of at least 4 members (excludes halogenated alkanes) is 42. The summed E-state index contributed by atoms with van der Waals surface area (Å²) in [7, 11) is 1.15. The second kappa shape index (κ2) is 77.6. The molecule has 2 unspecified atom stereocenters. The lowest BCUT2D eigenvalue weighted by molar-refractivity contribution is -0.870. The molecule has 0 radical (unpaired) electrons. The van der Waals surface area contributed by atoms with E-state index in [0.717, 1.165) is 109 Å². The zero-order chi connectivity index (χ0) is 71.1. The Hall–Kier alpha value is -3.59. The Morgan fingerprint density at radius 3 is 0.878 bits per heavy atom. The van der Waals surface area contributed by atoms with E-state index in [0.29, 0.717) is 17.4 Å². The maximum atomic E-state index is 12.9. The van der Waals surface area contributed by atoms with Crippen LogP contribution in [0.3, 0.4) is 0 Å². The largest absolute Gasteiger partial charge is 0.756 e. The van der Waals surface area contributed by atoms with Crippen molar-refractivity contribution in [2.45, 2.75) is 380 Å². The molecule has 98 heavy (non-hydrogen) atoms. The molecular formula is C88H156NO8P. The Kier molecular flexibility index (Phi) is 74.7. The number of allylic oxidation sites excluding steroid dienone is 20. The van der Waals surface area contributed by atoms with E-state index in [-0.39, 0.29) is 32.0 Å². The summed E-state index contributed by atoms with van der Waals surface area (Å²) >= 11 is 0. The van der Waals surface area contributed by atoms with Crippen molar-refractivity contribution >= 4 is 19.8 Å². The van der Waals surface area contributed by atoms with Crippen molar-refractivity contribution in [2.75, 3.05) is 47.5 Å². The number of hydrogen-bond donors (Lipinski definition) is 0. The van der Waals surface area contributed by atoms with Crippen LogP contribution in [0.4, 0.5) is 0 Å². The lowest BCUT2D eigenvalue weighted by Crippen LogP contribution is -2.37. The standard InChI is InChI=1S/C88H156NO8P/c1-6-8-10-12-14-16-18-20-22-24-26-28-30-32-34-36-38-40-41-42-43-44-45-46-47-49-50-52-54-56-58-60-62-64-66-68-70-72-74-76-78-80-87(90)94-84-86(85-96-98(92,93)95-83-82-89(3,4)5)97-88(91)81-79-77-75-73-71-69-67-65-63-61-59-57-55-53-51-48-39-37-35-33-31-29-27-25-23-21-19-17-15-13-11-9-7-2/h9,11,15,17,21,23-24,26-27,29,33,35,39,48,53,55,59,61,65,67,86H,6-8,10,12-14,16,18-20,22,25,28,30-32,34,36-38,40-47,49-52,54,56-58,60,62-64,66,68-85H2,1-5H3/b11-9-,17-15-,23-21-,26-24-,29-27-,35-33-,48-39-,55-53-,61-59-,67-65-. The number of esters is 2. The molecule has 0 rings (SSSR count). The molecule has 9 nitrogen and oxygen atoms in total. The summed E-state index contributed by atoms with van der Waals surface area (Å²) in [6.45, 7) is 4.14. The van der Waals surface area contributed by atoms with E-state index in [1.54, 1.807) is 0 Å². The van der Waals surface area contributed by atoms with Crippen molar-refractivity contribution < 1.29 is 42.1 Å². The fourth-order valence-corrected chi connectivity index (χ4v) is 12.4. The topological polar surface area (TPSA) is 111 Å². The van der Waals surface area contributed by atoms with Crippen LogP contribution in [0.15, 0.2) is 122 Å². The normalized spacial score (nSPS) is 13.7. The fourth-order valence-electron chi connectivity index (χ4n) is 11.7. The average molecular weight is 1390 g/mol. The van der Waals surface area contributed by atoms with Crippen LogP contribution < -0.4 is 4.89 Å². The van der Waals surface area contributed by atoms with Gasteiger partial charge in [0.25, 0.3) is 7.82 Å². The summed E-state index contributed by atoms with van der Waals surface area (Å²) < 4.78 is 34.4. The number of hydrogen-bond acceptors (Lipinski definition) is 8. The summed E-state index contributed by atoms with van der Waals surface area (Å²) in [4.78, 5) is 38.2. The van der Waals surface area contributed by atoms with Gasteiger partial charge < -0.3 is 27.9 Å². The zero-order valence-corrected chi connectivity index (χ0v) is 65.6. The molecular weight excluding hydrogens is 1230 g/mol. The van der Waals surface area contributed by atoms with E-state index >= 15 is 0 Å². The van der Waals surface area contributed by atoms with Crippen LogP contribution in [0.1, 0.15) is 373 Å². The van der Waals surface area contributed by atoms with Gasteiger partial charge >= 0.3 is 11.9 Å². The van der Waals surface area contributed by atoms with Crippen LogP contribution in [0.5, 0.6) is 0 Å². The van der Waals surface area contributed by atoms with E-state index < -0.39 is 26.5 Å². The highest BCUT2D eigenvalue weighted by atomic mass is 31.2. The molecule has 0 aliphatic carbocycles. The Morgan fingerprint density at radius 2 is 0.582 bits per heavy atom. The first kappa shape index (κ1) is 94.4. The van der Waals surface area contributed by atoms with Gasteiger partial charge in [-0.1, -0.05) is 373 Å². The van der Waals surface area contributed by atoms with Crippen LogP contribution >= 0.6 is 7.82 Å². The van der Waals surface area contributed by atoms with Gasteiger partial charge in [0.15, 0.2) is 6.10 Å². The molecule has 0 aromatic heterocycles. The zero-order valence-electron chi connectivity index (χ0n) is 64.7. The minimum Gasteiger partial charge on any atom is -0.756 e. The first-order valence-corrected chi connectivity index (χ1v) is 42.7. The number of quaternary nitrogens is 1. The molecule has 0 fully saturated rings. The second-order valence-corrected chi connectivity index (χ2v) is 30.2. The molecule has 10 heteroatoms. The van der Waals surface area contributed by atoms with E-state index in [2.05, 4.69) is 135 Å². The van der Waals surface area contributed by atoms with Gasteiger partial charge in [-0.15, -0.1) is 0 Å². The van der Waals surface area contributed by atoms with Gasteiger partial charge in [0.2, 0.25) is 0 Å². The third-order valence-electron chi connectivity index (χ3n) is 18.0. The number of carbonyl (C=O) groups is 2. The highest BCUT2D eigenvalue weighted by Crippen LogP contribution is 2.38. The monoisotopic (exact) mass is 1390 g/mol. The second-order valence-electron chi connectivity index (χ2n) is 28.8. The number of ether oxygens (including phenoxy) is 2. The van der Waals surface area contributed by atoms with Crippen molar-refractivity contribution in [3.8, 4) is 0 Å². The minimum atomic E-state index is -4.66. The lowest BCUT2D eigenvalue weighted by Gasteiger charge is -2.28. The number of rotatable bonds is 76. The number of carbonyl (C=O) groups excluding carboxylic acids is 2. The SMILES string of the molecule is CC/C=C\C/C=C\C/C=C\C/C=C\C/C=C\C/C=C\C/C=C\C/C=C\C/C=C\CCCCCCCC(=O)OC(COC(=O)CCCCCCCCCCCCCCCCCCCCCCCCCCCCCCC/C=C\CCCCCCCCCC)COP(=O)([O-])OCC[N+](C)(C)C. The number of phosphoric acid groups is 1. The minimum absolute atomic E-state index is 0.0394. The van der Waals surface area contributed by atoms with Gasteiger partial charge in [-0.2, -0.15) is 0 Å². The van der Waals surface area contributed by atoms with Crippen molar-refractivity contribution in [2.24, 2.45) is 0 Å². The Labute approximate surface area is 607 Å². The predicted molar refractivity (Wildman–Crippen MR) is 425 cm³/mol. The molecule has 0 amide bonds. The summed E-state index contributed by atoms with van der Waals surface area (Å²) in [5, 5.41) is 0. The molecule has 0 saturated heterocycles. The predicted octanol–water partition coefficient (Wildman–Crippen LogP) is 27.1. The molecule has 566 valence electrons. The maximum absolute atomic E-state index is 12.9. The van der Waals surface area contributed by atoms with Crippen molar-refractivity contribution in [3.05, 3.63) is 122 Å². The molecule has 0 aliphatic rings. The summed E-state index contributed by atoms with van der Waals surface area (Å²) in [6.07, 6.45) is 112. The smallest absolute Gasteiger partial charge is 0.306 e. The number of likely N-dealkylation sites (N-methyl/N-ethyl adjacent to an activating group) is 1. The third-order valence-corrected chi connectivity index (χ3v) is 18.9. The quantitative estimate of drug-likeness (QED) is 0.0195. The van der Waals surface area contributed by atoms with Gasteiger partial charge in [-0.25, -0.2) is 0 Å². The van der Waals surface area contributed by atoms with Crippen molar-refractivity contribution in [1.29, 1.82) is 0 Å². The first-order chi connectivity index (χ1) is 48.0. The molecule has 0 bridgehead atoms. The summed E-state index contributed by atoms with van der Waals surface area (Å²) in [6, 6.07) is 0. The van der Waals surface area contributed by atoms with Crippen LogP contribution in [0.25, 0.3) is 0 Å². The van der Waals surface area contributed by atoms with E-state index in [1.165, 1.54) is 231 Å². The molecule has 0 aliphatic heterocycles. The van der Waals surface area contributed by atoms with Crippen LogP contribution in [0.2, 0.25) is 0 Å². The van der Waals surface area contributed by atoms with Crippen LogP contribution in [0, 0.1) is 0 Å². The maximum Gasteiger partial charge on any atom is 0.306 e. The van der Waals surface area contributed by atoms with Crippen molar-refractivity contribution in [3.63, 3.8) is 0 Å². The van der Waals surface area contributed by atoms with Crippen molar-refractivity contribution in [1.82, 2.24) is 0 Å². The summed E-state index contributed by atoms with van der Waals surface area (Å²) in [5.41, 5.74) is 0. The molecule has 0 heterocycles. The molecule has 0 spiro atoms. The number of nitrogens with zero attached hydrogens (tertiary/aromatic N) is 1. The van der Waals surface area contributed by atoms with Gasteiger partial charge in [-0.05, 0) is 109 Å². The average Bonchev–Trinajstić information content (AvgIpc) is 1.08. The van der Waals surface area contributed by atoms with Gasteiger partial charge in [0, 0.05) is 12.8 Å². The molecule has 0 saturated carbocycles. The fraction of sp³-hybridized carbons (Fsp3) is 0.750. The molecule has 0 aromatic carbocycles. The lowest BCUT2D eigenvalue weighted by atomic mass is 10.0. The molecule has 2 atom stereocenters. The van der Waals surface area contributed by atoms with Crippen LogP contribution in [-0.2, 0) is 32.7 Å². The molecule has 0 aromatic rings. The summed E-state index contributed by atoms with van der Waals surface area (Å²) in [5.74, 6) is -0.849. The van der Waals surface area contributed by atoms with Gasteiger partial charge in [-0.3, -0.25) is 14.2 Å². The Bertz CT molecular complexity index is 2070. The Balaban J connectivity index is 3.97.